The van der Waals surface area contributed by atoms with Crippen LogP contribution in [0.1, 0.15) is 26.7 Å². The highest BCUT2D eigenvalue weighted by atomic mass is 16.3. The summed E-state index contributed by atoms with van der Waals surface area (Å²) >= 11 is 0. The fourth-order valence-electron chi connectivity index (χ4n) is 0.599. The number of hydrogen-bond donors (Lipinski definition) is 2. The molecule has 0 aliphatic carbocycles. The molecule has 0 rings (SSSR count). The van der Waals surface area contributed by atoms with Gasteiger partial charge in [-0.3, -0.25) is 0 Å². The smallest absolute Gasteiger partial charge is 0.0830 e. The maximum absolute atomic E-state index is 9.05. The van der Waals surface area contributed by atoms with Gasteiger partial charge >= 0.3 is 0 Å². The summed E-state index contributed by atoms with van der Waals surface area (Å²) in [5.74, 6) is 0. The van der Waals surface area contributed by atoms with E-state index in [-0.39, 0.29) is 0 Å². The third kappa shape index (κ3) is 4.53. The largest absolute Gasteiger partial charge is 0.391 e. The van der Waals surface area contributed by atoms with Crippen LogP contribution in [0.3, 0.4) is 0 Å². The normalized spacial score (nSPS) is 17.6. The van der Waals surface area contributed by atoms with Crippen molar-refractivity contribution in [1.29, 1.82) is 0 Å². The van der Waals surface area contributed by atoms with Gasteiger partial charge in [0.25, 0.3) is 0 Å². The van der Waals surface area contributed by atoms with Gasteiger partial charge in [-0.15, -0.1) is 0 Å². The third-order valence-corrected chi connectivity index (χ3v) is 1.34. The van der Waals surface area contributed by atoms with Gasteiger partial charge in [-0.25, -0.2) is 0 Å². The molecular weight excluding hydrogens is 128 g/mol. The molecule has 0 saturated carbocycles. The Balaban J connectivity index is 3.38. The van der Waals surface area contributed by atoms with Gasteiger partial charge in [0.05, 0.1) is 12.2 Å². The zero-order chi connectivity index (χ0) is 7.98. The molecule has 0 aromatic carbocycles. The minimum atomic E-state index is -0.624. The second-order valence-corrected chi connectivity index (χ2v) is 2.42. The molecule has 2 unspecified atom stereocenters. The summed E-state index contributed by atoms with van der Waals surface area (Å²) in [7, 11) is 0. The average molecular weight is 144 g/mol. The van der Waals surface area contributed by atoms with Gasteiger partial charge in [0.15, 0.2) is 0 Å². The number of rotatable bonds is 4. The van der Waals surface area contributed by atoms with Crippen molar-refractivity contribution in [2.75, 3.05) is 0 Å². The Kier molecular flexibility index (Phi) is 5.26. The van der Waals surface area contributed by atoms with Crippen molar-refractivity contribution < 1.29 is 10.2 Å². The highest BCUT2D eigenvalue weighted by Gasteiger charge is 2.06. The summed E-state index contributed by atoms with van der Waals surface area (Å²) in [6.45, 7) is 3.62. The first kappa shape index (κ1) is 9.66. The molecule has 0 aromatic rings. The Morgan fingerprint density at radius 3 is 2.30 bits per heavy atom. The Labute approximate surface area is 62.2 Å². The molecule has 0 spiro atoms. The fourth-order valence-corrected chi connectivity index (χ4v) is 0.599. The molecule has 2 heteroatoms. The lowest BCUT2D eigenvalue weighted by molar-refractivity contribution is 0.0336. The highest BCUT2D eigenvalue weighted by molar-refractivity contribution is 4.84. The molecule has 2 nitrogen and oxygen atoms in total. The van der Waals surface area contributed by atoms with Gasteiger partial charge in [-0.05, 0) is 19.8 Å². The van der Waals surface area contributed by atoms with Crippen LogP contribution in [0.2, 0.25) is 0 Å². The molecule has 0 bridgehead atoms. The van der Waals surface area contributed by atoms with Crippen molar-refractivity contribution in [3.63, 3.8) is 0 Å². The van der Waals surface area contributed by atoms with Crippen molar-refractivity contribution >= 4 is 0 Å². The monoisotopic (exact) mass is 144 g/mol. The number of aliphatic hydroxyl groups is 2. The quantitative estimate of drug-likeness (QED) is 0.580. The summed E-state index contributed by atoms with van der Waals surface area (Å²) in [5.41, 5.74) is 0. The molecule has 0 aromatic heterocycles. The van der Waals surface area contributed by atoms with Crippen LogP contribution in [0, 0.1) is 0 Å². The zero-order valence-electron chi connectivity index (χ0n) is 6.62. The van der Waals surface area contributed by atoms with E-state index in [2.05, 4.69) is 0 Å². The molecule has 0 fully saturated rings. The lowest BCUT2D eigenvalue weighted by Crippen LogP contribution is -2.21. The molecular formula is C8H16O2. The molecule has 2 atom stereocenters. The standard InChI is InChI=1S/C8H16O2/c1-3-4-5-6-8(10)7(2)9/h4-5,7-10H,3,6H2,1-2H3. The molecule has 0 aliphatic rings. The van der Waals surface area contributed by atoms with E-state index in [0.29, 0.717) is 6.42 Å². The third-order valence-electron chi connectivity index (χ3n) is 1.34. The van der Waals surface area contributed by atoms with E-state index in [1.54, 1.807) is 6.92 Å². The summed E-state index contributed by atoms with van der Waals surface area (Å²) < 4.78 is 0. The lowest BCUT2D eigenvalue weighted by Gasteiger charge is -2.09. The minimum Gasteiger partial charge on any atom is -0.391 e. The van der Waals surface area contributed by atoms with Gasteiger partial charge in [0.2, 0.25) is 0 Å². The molecule has 0 aliphatic heterocycles. The molecule has 0 heterocycles. The average Bonchev–Trinajstić information content (AvgIpc) is 1.88. The van der Waals surface area contributed by atoms with E-state index in [1.807, 2.05) is 19.1 Å². The van der Waals surface area contributed by atoms with E-state index in [9.17, 15) is 0 Å². The lowest BCUT2D eigenvalue weighted by atomic mass is 10.1. The Bertz CT molecular complexity index is 97.4. The second-order valence-electron chi connectivity index (χ2n) is 2.42. The van der Waals surface area contributed by atoms with Crippen LogP contribution in [0.5, 0.6) is 0 Å². The predicted octanol–water partition coefficient (Wildman–Crippen LogP) is 1.08. The topological polar surface area (TPSA) is 40.5 Å². The maximum atomic E-state index is 9.05. The van der Waals surface area contributed by atoms with E-state index in [1.165, 1.54) is 0 Å². The summed E-state index contributed by atoms with van der Waals surface area (Å²) in [5, 5.41) is 17.9. The second kappa shape index (κ2) is 5.45. The van der Waals surface area contributed by atoms with Crippen molar-refractivity contribution in [1.82, 2.24) is 0 Å². The van der Waals surface area contributed by atoms with Crippen LogP contribution in [-0.4, -0.2) is 22.4 Å². The van der Waals surface area contributed by atoms with Crippen LogP contribution in [-0.2, 0) is 0 Å². The number of aliphatic hydroxyl groups excluding tert-OH is 2. The predicted molar refractivity (Wildman–Crippen MR) is 41.7 cm³/mol. The van der Waals surface area contributed by atoms with Gasteiger partial charge in [0.1, 0.15) is 0 Å². The first-order valence-corrected chi connectivity index (χ1v) is 3.69. The Morgan fingerprint density at radius 1 is 1.30 bits per heavy atom. The van der Waals surface area contributed by atoms with Crippen LogP contribution >= 0.6 is 0 Å². The summed E-state index contributed by atoms with van der Waals surface area (Å²) in [4.78, 5) is 0. The fraction of sp³-hybridized carbons (Fsp3) is 0.750. The number of allylic oxidation sites excluding steroid dienone is 1. The zero-order valence-corrected chi connectivity index (χ0v) is 6.62. The van der Waals surface area contributed by atoms with Crippen molar-refractivity contribution in [3.8, 4) is 0 Å². The summed E-state index contributed by atoms with van der Waals surface area (Å²) in [6.07, 6.45) is 4.16. The van der Waals surface area contributed by atoms with E-state index < -0.39 is 12.2 Å². The molecule has 60 valence electrons. The highest BCUT2D eigenvalue weighted by Crippen LogP contribution is 1.99. The van der Waals surface area contributed by atoms with E-state index >= 15 is 0 Å². The Hall–Kier alpha value is -0.340. The first-order chi connectivity index (χ1) is 4.68. The minimum absolute atomic E-state index is 0.547. The van der Waals surface area contributed by atoms with E-state index in [0.717, 1.165) is 6.42 Å². The first-order valence-electron chi connectivity index (χ1n) is 3.69. The van der Waals surface area contributed by atoms with E-state index in [4.69, 9.17) is 10.2 Å². The van der Waals surface area contributed by atoms with Gasteiger partial charge in [-0.2, -0.15) is 0 Å². The number of hydrogen-bond acceptors (Lipinski definition) is 2. The van der Waals surface area contributed by atoms with Crippen LogP contribution < -0.4 is 0 Å². The van der Waals surface area contributed by atoms with Crippen molar-refractivity contribution in [2.45, 2.75) is 38.9 Å². The van der Waals surface area contributed by atoms with Crippen LogP contribution in [0.15, 0.2) is 12.2 Å². The van der Waals surface area contributed by atoms with Crippen LogP contribution in [0.25, 0.3) is 0 Å². The molecule has 10 heavy (non-hydrogen) atoms. The van der Waals surface area contributed by atoms with Crippen LogP contribution in [0.4, 0.5) is 0 Å². The molecule has 2 N–H and O–H groups in total. The Morgan fingerprint density at radius 2 is 1.90 bits per heavy atom. The van der Waals surface area contributed by atoms with Gasteiger partial charge < -0.3 is 10.2 Å². The molecule has 0 amide bonds. The van der Waals surface area contributed by atoms with Crippen molar-refractivity contribution in [2.24, 2.45) is 0 Å². The maximum Gasteiger partial charge on any atom is 0.0830 e. The van der Waals surface area contributed by atoms with Crippen molar-refractivity contribution in [3.05, 3.63) is 12.2 Å². The molecule has 0 radical (unpaired) electrons. The SMILES string of the molecule is CCC=CCC(O)C(C)O. The summed E-state index contributed by atoms with van der Waals surface area (Å²) in [6, 6.07) is 0. The molecule has 0 saturated heterocycles. The van der Waals surface area contributed by atoms with Gasteiger partial charge in [-0.1, -0.05) is 19.1 Å². The van der Waals surface area contributed by atoms with Gasteiger partial charge in [0, 0.05) is 0 Å².